The summed E-state index contributed by atoms with van der Waals surface area (Å²) in [5.74, 6) is -0.436. The average molecular weight is 392 g/mol. The van der Waals surface area contributed by atoms with Gasteiger partial charge in [-0.2, -0.15) is 5.26 Å². The van der Waals surface area contributed by atoms with Gasteiger partial charge >= 0.3 is 5.97 Å². The number of benzene rings is 2. The van der Waals surface area contributed by atoms with E-state index >= 15 is 0 Å². The number of carbonyl (C=O) groups excluding carboxylic acids is 2. The van der Waals surface area contributed by atoms with Crippen LogP contribution < -0.4 is 10.1 Å². The van der Waals surface area contributed by atoms with Gasteiger partial charge in [-0.25, -0.2) is 4.79 Å². The second kappa shape index (κ2) is 10.1. The fourth-order valence-corrected chi connectivity index (χ4v) is 2.66. The zero-order valence-electron chi connectivity index (χ0n) is 17.0. The van der Waals surface area contributed by atoms with Crippen LogP contribution in [0.3, 0.4) is 0 Å². The van der Waals surface area contributed by atoms with Crippen molar-refractivity contribution in [1.29, 1.82) is 5.26 Å². The van der Waals surface area contributed by atoms with Crippen molar-refractivity contribution in [2.24, 2.45) is 0 Å². The zero-order valence-corrected chi connectivity index (χ0v) is 17.0. The SMILES string of the molecule is Cc1cc(C)cc(NC(=O)/C(C#N)=C\c2ccc(OCC(=O)OC(C)C)cc2)c1. The summed E-state index contributed by atoms with van der Waals surface area (Å²) in [6, 6.07) is 14.3. The number of carbonyl (C=O) groups is 2. The molecule has 2 aromatic carbocycles. The summed E-state index contributed by atoms with van der Waals surface area (Å²) in [5.41, 5.74) is 3.34. The van der Waals surface area contributed by atoms with E-state index in [0.717, 1.165) is 11.1 Å². The Bertz CT molecular complexity index is 934. The highest BCUT2D eigenvalue weighted by molar-refractivity contribution is 6.09. The molecule has 6 heteroatoms. The van der Waals surface area contributed by atoms with E-state index < -0.39 is 11.9 Å². The zero-order chi connectivity index (χ0) is 21.4. The summed E-state index contributed by atoms with van der Waals surface area (Å²) in [6.45, 7) is 7.23. The molecule has 150 valence electrons. The molecule has 2 aromatic rings. The maximum atomic E-state index is 12.4. The molecule has 6 nitrogen and oxygen atoms in total. The fourth-order valence-electron chi connectivity index (χ4n) is 2.66. The summed E-state index contributed by atoms with van der Waals surface area (Å²) in [7, 11) is 0. The Labute approximate surface area is 170 Å². The number of amides is 1. The molecule has 0 atom stereocenters. The van der Waals surface area contributed by atoms with E-state index in [4.69, 9.17) is 9.47 Å². The molecular weight excluding hydrogens is 368 g/mol. The molecule has 1 N–H and O–H groups in total. The number of nitrogens with one attached hydrogen (secondary N) is 1. The van der Waals surface area contributed by atoms with E-state index in [-0.39, 0.29) is 18.3 Å². The lowest BCUT2D eigenvalue weighted by Crippen LogP contribution is -2.18. The maximum Gasteiger partial charge on any atom is 0.344 e. The van der Waals surface area contributed by atoms with Gasteiger partial charge in [0.2, 0.25) is 0 Å². The summed E-state index contributed by atoms with van der Waals surface area (Å²) >= 11 is 0. The van der Waals surface area contributed by atoms with E-state index in [0.29, 0.717) is 17.0 Å². The molecule has 0 saturated heterocycles. The van der Waals surface area contributed by atoms with Crippen LogP contribution in [0.15, 0.2) is 48.0 Å². The Kier molecular flexibility index (Phi) is 7.55. The van der Waals surface area contributed by atoms with Gasteiger partial charge in [0.25, 0.3) is 5.91 Å². The van der Waals surface area contributed by atoms with Crippen LogP contribution in [0.4, 0.5) is 5.69 Å². The van der Waals surface area contributed by atoms with Crippen LogP contribution in [0.5, 0.6) is 5.75 Å². The predicted molar refractivity (Wildman–Crippen MR) is 111 cm³/mol. The first-order chi connectivity index (χ1) is 13.8. The van der Waals surface area contributed by atoms with Crippen LogP contribution >= 0.6 is 0 Å². The van der Waals surface area contributed by atoms with Crippen molar-refractivity contribution in [1.82, 2.24) is 0 Å². The van der Waals surface area contributed by atoms with Gasteiger partial charge in [0.1, 0.15) is 17.4 Å². The van der Waals surface area contributed by atoms with Gasteiger partial charge in [-0.05, 0) is 74.7 Å². The smallest absolute Gasteiger partial charge is 0.344 e. The van der Waals surface area contributed by atoms with Crippen molar-refractivity contribution >= 4 is 23.6 Å². The third-order valence-electron chi connectivity index (χ3n) is 3.76. The molecule has 0 heterocycles. The largest absolute Gasteiger partial charge is 0.482 e. The summed E-state index contributed by atoms with van der Waals surface area (Å²) < 4.78 is 10.4. The highest BCUT2D eigenvalue weighted by Crippen LogP contribution is 2.17. The van der Waals surface area contributed by atoms with E-state index in [9.17, 15) is 14.9 Å². The van der Waals surface area contributed by atoms with Gasteiger partial charge < -0.3 is 14.8 Å². The molecule has 0 radical (unpaired) electrons. The number of anilines is 1. The molecular formula is C23H24N2O4. The Morgan fingerprint density at radius 1 is 1.10 bits per heavy atom. The molecule has 0 aliphatic carbocycles. The molecule has 0 unspecified atom stereocenters. The second-order valence-electron chi connectivity index (χ2n) is 6.90. The third-order valence-corrected chi connectivity index (χ3v) is 3.76. The Hall–Kier alpha value is -3.59. The van der Waals surface area contributed by atoms with Gasteiger partial charge in [0.15, 0.2) is 6.61 Å². The predicted octanol–water partition coefficient (Wildman–Crippen LogP) is 4.18. The van der Waals surface area contributed by atoms with Crippen LogP contribution in [0.25, 0.3) is 6.08 Å². The van der Waals surface area contributed by atoms with Crippen LogP contribution in [0.1, 0.15) is 30.5 Å². The molecule has 0 aliphatic rings. The molecule has 0 saturated carbocycles. The van der Waals surface area contributed by atoms with Crippen molar-refractivity contribution in [2.45, 2.75) is 33.8 Å². The highest BCUT2D eigenvalue weighted by atomic mass is 16.6. The van der Waals surface area contributed by atoms with E-state index in [1.165, 1.54) is 6.08 Å². The number of hydrogen-bond donors (Lipinski definition) is 1. The standard InChI is InChI=1S/C23H24N2O4/c1-15(2)29-22(26)14-28-21-7-5-18(6-8-21)12-19(13-24)23(27)25-20-10-16(3)9-17(4)11-20/h5-12,15H,14H2,1-4H3,(H,25,27)/b19-12-. The van der Waals surface area contributed by atoms with Crippen molar-refractivity contribution < 1.29 is 19.1 Å². The van der Waals surface area contributed by atoms with Crippen LogP contribution in [-0.4, -0.2) is 24.6 Å². The van der Waals surface area contributed by atoms with Crippen molar-refractivity contribution in [3.05, 3.63) is 64.7 Å². The minimum atomic E-state index is -0.478. The Balaban J connectivity index is 2.03. The van der Waals surface area contributed by atoms with E-state index in [1.54, 1.807) is 38.1 Å². The molecule has 2 rings (SSSR count). The Morgan fingerprint density at radius 3 is 2.28 bits per heavy atom. The number of nitriles is 1. The molecule has 0 bridgehead atoms. The van der Waals surface area contributed by atoms with Crippen LogP contribution in [0.2, 0.25) is 0 Å². The molecule has 1 amide bonds. The molecule has 0 fully saturated rings. The third kappa shape index (κ3) is 7.15. The molecule has 0 aliphatic heterocycles. The highest BCUT2D eigenvalue weighted by Gasteiger charge is 2.11. The summed E-state index contributed by atoms with van der Waals surface area (Å²) in [6.07, 6.45) is 1.30. The van der Waals surface area contributed by atoms with Gasteiger partial charge in [0.05, 0.1) is 6.10 Å². The number of esters is 1. The monoisotopic (exact) mass is 392 g/mol. The number of aryl methyl sites for hydroxylation is 2. The van der Waals surface area contributed by atoms with Crippen molar-refractivity contribution in [3.8, 4) is 11.8 Å². The van der Waals surface area contributed by atoms with Gasteiger partial charge in [0, 0.05) is 5.69 Å². The second-order valence-corrected chi connectivity index (χ2v) is 6.90. The lowest BCUT2D eigenvalue weighted by molar-refractivity contribution is -0.149. The first-order valence-corrected chi connectivity index (χ1v) is 9.20. The topological polar surface area (TPSA) is 88.4 Å². The van der Waals surface area contributed by atoms with Gasteiger partial charge in [-0.15, -0.1) is 0 Å². The first kappa shape index (κ1) is 21.7. The normalized spacial score (nSPS) is 11.0. The summed E-state index contributed by atoms with van der Waals surface area (Å²) in [5, 5.41) is 12.1. The van der Waals surface area contributed by atoms with Gasteiger partial charge in [-0.1, -0.05) is 18.2 Å². The lowest BCUT2D eigenvalue weighted by atomic mass is 10.1. The first-order valence-electron chi connectivity index (χ1n) is 9.20. The Morgan fingerprint density at radius 2 is 1.72 bits per heavy atom. The minimum absolute atomic E-state index is 0.0154. The van der Waals surface area contributed by atoms with Crippen molar-refractivity contribution in [3.63, 3.8) is 0 Å². The lowest BCUT2D eigenvalue weighted by Gasteiger charge is -2.09. The minimum Gasteiger partial charge on any atom is -0.482 e. The van der Waals surface area contributed by atoms with E-state index in [1.807, 2.05) is 38.1 Å². The number of hydrogen-bond acceptors (Lipinski definition) is 5. The quantitative estimate of drug-likeness (QED) is 0.434. The van der Waals surface area contributed by atoms with Crippen LogP contribution in [-0.2, 0) is 14.3 Å². The summed E-state index contributed by atoms with van der Waals surface area (Å²) in [4.78, 5) is 23.9. The molecule has 0 spiro atoms. The van der Waals surface area contributed by atoms with Gasteiger partial charge in [-0.3, -0.25) is 4.79 Å². The van der Waals surface area contributed by atoms with E-state index in [2.05, 4.69) is 5.32 Å². The average Bonchev–Trinajstić information content (AvgIpc) is 2.64. The maximum absolute atomic E-state index is 12.4. The number of nitrogens with zero attached hydrogens (tertiary/aromatic N) is 1. The van der Waals surface area contributed by atoms with Crippen molar-refractivity contribution in [2.75, 3.05) is 11.9 Å². The molecule has 29 heavy (non-hydrogen) atoms. The number of ether oxygens (including phenoxy) is 2. The van der Waals surface area contributed by atoms with Crippen LogP contribution in [0, 0.1) is 25.2 Å². The fraction of sp³-hybridized carbons (Fsp3) is 0.261. The molecule has 0 aromatic heterocycles. The number of rotatable bonds is 7.